The van der Waals surface area contributed by atoms with Crippen LogP contribution in [-0.4, -0.2) is 37.0 Å². The van der Waals surface area contributed by atoms with Gasteiger partial charge in [-0.15, -0.1) is 0 Å². The summed E-state index contributed by atoms with van der Waals surface area (Å²) in [5.41, 5.74) is 0.369. The lowest BCUT2D eigenvalue weighted by Crippen LogP contribution is -2.51. The third kappa shape index (κ3) is 6.20. The zero-order valence-electron chi connectivity index (χ0n) is 14.2. The van der Waals surface area contributed by atoms with Crippen LogP contribution >= 0.6 is 11.6 Å². The van der Waals surface area contributed by atoms with Gasteiger partial charge in [0.25, 0.3) is 5.91 Å². The van der Waals surface area contributed by atoms with E-state index in [0.717, 1.165) is 6.54 Å². The molecule has 6 heteroatoms. The van der Waals surface area contributed by atoms with Gasteiger partial charge >= 0.3 is 0 Å². The number of carbonyl (C=O) groups is 2. The number of hydrogen-bond donors (Lipinski definition) is 3. The fourth-order valence-electron chi connectivity index (χ4n) is 2.18. The summed E-state index contributed by atoms with van der Waals surface area (Å²) < 4.78 is 0. The van der Waals surface area contributed by atoms with E-state index in [4.69, 9.17) is 11.6 Å². The van der Waals surface area contributed by atoms with Crippen LogP contribution in [0.1, 0.15) is 38.1 Å². The number of benzene rings is 1. The molecule has 0 aromatic heterocycles. The monoisotopic (exact) mass is 339 g/mol. The quantitative estimate of drug-likeness (QED) is 0.680. The molecule has 5 nitrogen and oxygen atoms in total. The van der Waals surface area contributed by atoms with Crippen molar-refractivity contribution in [1.82, 2.24) is 16.0 Å². The normalized spacial score (nSPS) is 13.5. The van der Waals surface area contributed by atoms with Crippen LogP contribution in [0.5, 0.6) is 0 Å². The van der Waals surface area contributed by atoms with Gasteiger partial charge < -0.3 is 16.0 Å². The molecule has 0 heterocycles. The van der Waals surface area contributed by atoms with Crippen molar-refractivity contribution in [2.75, 3.05) is 13.1 Å². The molecule has 0 fully saturated rings. The maximum absolute atomic E-state index is 12.4. The molecule has 0 saturated heterocycles. The highest BCUT2D eigenvalue weighted by Gasteiger charge is 2.25. The Bertz CT molecular complexity index is 534. The molecule has 0 bridgehead atoms. The standard InChI is InChI=1S/C17H26ClN3O2/c1-5-19-12(4)10-20-17(23)15(11(2)3)21-16(22)13-8-6-7-9-14(13)18/h6-9,11-12,15,19H,5,10H2,1-4H3,(H,20,23)(H,21,22)/t12-,15?/m1/s1. The fraction of sp³-hybridized carbons (Fsp3) is 0.529. The smallest absolute Gasteiger partial charge is 0.253 e. The Morgan fingerprint density at radius 1 is 1.17 bits per heavy atom. The number of amides is 2. The van der Waals surface area contributed by atoms with Gasteiger partial charge in [0.1, 0.15) is 6.04 Å². The highest BCUT2D eigenvalue weighted by Crippen LogP contribution is 2.15. The van der Waals surface area contributed by atoms with Gasteiger partial charge in [-0.3, -0.25) is 9.59 Å². The average molecular weight is 340 g/mol. The Kier molecular flexibility index (Phi) is 8.06. The SMILES string of the molecule is CCN[C@H](C)CNC(=O)C(NC(=O)c1ccccc1Cl)C(C)C. The molecular weight excluding hydrogens is 314 g/mol. The maximum Gasteiger partial charge on any atom is 0.253 e. The Morgan fingerprint density at radius 2 is 1.83 bits per heavy atom. The topological polar surface area (TPSA) is 70.2 Å². The third-order valence-corrected chi connectivity index (χ3v) is 3.82. The van der Waals surface area contributed by atoms with Crippen molar-refractivity contribution in [2.24, 2.45) is 5.92 Å². The van der Waals surface area contributed by atoms with Crippen LogP contribution in [0.4, 0.5) is 0 Å². The molecule has 0 aliphatic heterocycles. The second kappa shape index (κ2) is 9.53. The molecule has 0 spiro atoms. The molecule has 1 aromatic rings. The van der Waals surface area contributed by atoms with Gasteiger partial charge in [-0.2, -0.15) is 0 Å². The highest BCUT2D eigenvalue weighted by atomic mass is 35.5. The van der Waals surface area contributed by atoms with Crippen molar-refractivity contribution < 1.29 is 9.59 Å². The summed E-state index contributed by atoms with van der Waals surface area (Å²) in [6.45, 7) is 9.15. The predicted molar refractivity (Wildman–Crippen MR) is 93.7 cm³/mol. The first-order valence-corrected chi connectivity index (χ1v) is 8.31. The number of halogens is 1. The molecule has 0 radical (unpaired) electrons. The molecule has 128 valence electrons. The zero-order chi connectivity index (χ0) is 17.4. The highest BCUT2D eigenvalue weighted by molar-refractivity contribution is 6.33. The molecule has 1 rings (SSSR count). The first-order chi connectivity index (χ1) is 10.9. The minimum absolute atomic E-state index is 0.0316. The Hall–Kier alpha value is -1.59. The summed E-state index contributed by atoms with van der Waals surface area (Å²) in [5, 5.41) is 9.24. The van der Waals surface area contributed by atoms with Crippen LogP contribution < -0.4 is 16.0 Å². The van der Waals surface area contributed by atoms with Crippen LogP contribution in [-0.2, 0) is 4.79 Å². The van der Waals surface area contributed by atoms with Crippen molar-refractivity contribution in [2.45, 2.75) is 39.8 Å². The number of hydrogen-bond acceptors (Lipinski definition) is 3. The Labute approximate surface area is 143 Å². The van der Waals surface area contributed by atoms with Gasteiger partial charge in [0, 0.05) is 12.6 Å². The van der Waals surface area contributed by atoms with Gasteiger partial charge in [-0.1, -0.05) is 44.5 Å². The van der Waals surface area contributed by atoms with E-state index < -0.39 is 6.04 Å². The van der Waals surface area contributed by atoms with E-state index in [-0.39, 0.29) is 23.8 Å². The number of likely N-dealkylation sites (N-methyl/N-ethyl adjacent to an activating group) is 1. The van der Waals surface area contributed by atoms with Crippen LogP contribution in [0.25, 0.3) is 0 Å². The third-order valence-electron chi connectivity index (χ3n) is 3.49. The molecule has 2 atom stereocenters. The van der Waals surface area contributed by atoms with Gasteiger partial charge in [0.15, 0.2) is 0 Å². The van der Waals surface area contributed by atoms with Crippen molar-refractivity contribution in [3.8, 4) is 0 Å². The largest absolute Gasteiger partial charge is 0.353 e. The lowest BCUT2D eigenvalue weighted by atomic mass is 10.0. The minimum Gasteiger partial charge on any atom is -0.353 e. The summed E-state index contributed by atoms with van der Waals surface area (Å²) in [5.74, 6) is -0.565. The molecule has 0 aliphatic rings. The number of rotatable bonds is 8. The van der Waals surface area contributed by atoms with E-state index >= 15 is 0 Å². The Balaban J connectivity index is 2.69. The van der Waals surface area contributed by atoms with Crippen LogP contribution in [0.15, 0.2) is 24.3 Å². The predicted octanol–water partition coefficient (Wildman–Crippen LogP) is 2.21. The molecular formula is C17H26ClN3O2. The number of nitrogens with one attached hydrogen (secondary N) is 3. The van der Waals surface area contributed by atoms with Gasteiger partial charge in [0.2, 0.25) is 5.91 Å². The summed E-state index contributed by atoms with van der Waals surface area (Å²) in [7, 11) is 0. The first-order valence-electron chi connectivity index (χ1n) is 7.93. The van der Waals surface area contributed by atoms with Crippen molar-refractivity contribution in [1.29, 1.82) is 0 Å². The molecule has 1 aromatic carbocycles. The summed E-state index contributed by atoms with van der Waals surface area (Å²) >= 11 is 6.03. The summed E-state index contributed by atoms with van der Waals surface area (Å²) in [6.07, 6.45) is 0. The molecule has 2 amide bonds. The van der Waals surface area contributed by atoms with E-state index in [1.807, 2.05) is 27.7 Å². The summed E-state index contributed by atoms with van der Waals surface area (Å²) in [4.78, 5) is 24.7. The molecule has 0 saturated carbocycles. The second-order valence-electron chi connectivity index (χ2n) is 5.88. The van der Waals surface area contributed by atoms with Gasteiger partial charge in [-0.05, 0) is 31.5 Å². The van der Waals surface area contributed by atoms with Crippen LogP contribution in [0.3, 0.4) is 0 Å². The maximum atomic E-state index is 12.4. The van der Waals surface area contributed by atoms with Crippen molar-refractivity contribution >= 4 is 23.4 Å². The van der Waals surface area contributed by atoms with Crippen molar-refractivity contribution in [3.63, 3.8) is 0 Å². The van der Waals surface area contributed by atoms with Crippen LogP contribution in [0.2, 0.25) is 5.02 Å². The average Bonchev–Trinajstić information content (AvgIpc) is 2.50. The molecule has 3 N–H and O–H groups in total. The van der Waals surface area contributed by atoms with E-state index in [1.54, 1.807) is 24.3 Å². The van der Waals surface area contributed by atoms with Gasteiger partial charge in [-0.25, -0.2) is 0 Å². The van der Waals surface area contributed by atoms with E-state index in [1.165, 1.54) is 0 Å². The zero-order valence-corrected chi connectivity index (χ0v) is 14.9. The molecule has 1 unspecified atom stereocenters. The Morgan fingerprint density at radius 3 is 2.39 bits per heavy atom. The summed E-state index contributed by atoms with van der Waals surface area (Å²) in [6, 6.07) is 6.36. The lowest BCUT2D eigenvalue weighted by molar-refractivity contribution is -0.124. The molecule has 23 heavy (non-hydrogen) atoms. The van der Waals surface area contributed by atoms with E-state index in [2.05, 4.69) is 16.0 Å². The van der Waals surface area contributed by atoms with Gasteiger partial charge in [0.05, 0.1) is 10.6 Å². The van der Waals surface area contributed by atoms with Crippen molar-refractivity contribution in [3.05, 3.63) is 34.9 Å². The van der Waals surface area contributed by atoms with E-state index in [9.17, 15) is 9.59 Å². The second-order valence-corrected chi connectivity index (χ2v) is 6.29. The first kappa shape index (κ1) is 19.5. The van der Waals surface area contributed by atoms with E-state index in [0.29, 0.717) is 17.1 Å². The minimum atomic E-state index is -0.604. The molecule has 0 aliphatic carbocycles. The van der Waals surface area contributed by atoms with Crippen LogP contribution in [0, 0.1) is 5.92 Å². The fourth-order valence-corrected chi connectivity index (χ4v) is 2.41. The lowest BCUT2D eigenvalue weighted by Gasteiger charge is -2.23. The number of carbonyl (C=O) groups excluding carboxylic acids is 2.